The quantitative estimate of drug-likeness (QED) is 0.862. The Hall–Kier alpha value is -1.69. The number of amides is 1. The Balaban J connectivity index is 1.60. The number of aromatic nitrogens is 2. The third kappa shape index (κ3) is 3.01. The molecule has 102 valence electrons. The van der Waals surface area contributed by atoms with Gasteiger partial charge in [-0.2, -0.15) is 0 Å². The molecule has 1 N–H and O–H groups in total. The number of nitrogens with zero attached hydrogens (tertiary/aromatic N) is 4. The standard InChI is InChI=1S/C13H19N5O/c1-17-6-8-18(9-7-17)12-5-4-11(15-16-12)14-13(19)10-2-3-10/h4-5,10H,2-3,6-9H2,1H3,(H,14,15,19). The minimum absolute atomic E-state index is 0.0710. The summed E-state index contributed by atoms with van der Waals surface area (Å²) < 4.78 is 0. The van der Waals surface area contributed by atoms with Gasteiger partial charge in [-0.05, 0) is 32.0 Å². The second-order valence-electron chi connectivity index (χ2n) is 5.33. The molecule has 0 spiro atoms. The molecular formula is C13H19N5O. The van der Waals surface area contributed by atoms with Crippen molar-refractivity contribution in [3.8, 4) is 0 Å². The Morgan fingerprint density at radius 3 is 2.53 bits per heavy atom. The zero-order valence-electron chi connectivity index (χ0n) is 11.2. The first kappa shape index (κ1) is 12.3. The first-order chi connectivity index (χ1) is 9.22. The molecule has 0 unspecified atom stereocenters. The van der Waals surface area contributed by atoms with Crippen molar-refractivity contribution in [1.29, 1.82) is 0 Å². The van der Waals surface area contributed by atoms with E-state index in [1.54, 1.807) is 0 Å². The molecular weight excluding hydrogens is 242 g/mol. The lowest BCUT2D eigenvalue weighted by atomic mass is 10.3. The summed E-state index contributed by atoms with van der Waals surface area (Å²) in [6.45, 7) is 4.03. The highest BCUT2D eigenvalue weighted by atomic mass is 16.2. The van der Waals surface area contributed by atoms with E-state index in [1.807, 2.05) is 12.1 Å². The predicted molar refractivity (Wildman–Crippen MR) is 73.1 cm³/mol. The maximum Gasteiger partial charge on any atom is 0.228 e. The Kier molecular flexibility index (Phi) is 3.33. The summed E-state index contributed by atoms with van der Waals surface area (Å²) in [5, 5.41) is 11.1. The lowest BCUT2D eigenvalue weighted by Crippen LogP contribution is -2.44. The molecule has 1 aliphatic heterocycles. The van der Waals surface area contributed by atoms with Gasteiger partial charge in [-0.25, -0.2) is 0 Å². The van der Waals surface area contributed by atoms with E-state index < -0.39 is 0 Å². The molecule has 2 heterocycles. The molecule has 1 aliphatic carbocycles. The van der Waals surface area contributed by atoms with Gasteiger partial charge in [-0.1, -0.05) is 0 Å². The molecule has 1 saturated carbocycles. The predicted octanol–water partition coefficient (Wildman–Crippen LogP) is 0.577. The van der Waals surface area contributed by atoms with Gasteiger partial charge in [0.2, 0.25) is 5.91 Å². The van der Waals surface area contributed by atoms with Gasteiger partial charge in [0.05, 0.1) is 0 Å². The average molecular weight is 261 g/mol. The summed E-state index contributed by atoms with van der Waals surface area (Å²) in [7, 11) is 2.12. The number of hydrogen-bond donors (Lipinski definition) is 1. The SMILES string of the molecule is CN1CCN(c2ccc(NC(=O)C3CC3)nn2)CC1. The van der Waals surface area contributed by atoms with Crippen LogP contribution in [0.3, 0.4) is 0 Å². The van der Waals surface area contributed by atoms with Gasteiger partial charge >= 0.3 is 0 Å². The fourth-order valence-corrected chi connectivity index (χ4v) is 2.17. The number of carbonyl (C=O) groups is 1. The lowest BCUT2D eigenvalue weighted by Gasteiger charge is -2.32. The van der Waals surface area contributed by atoms with Crippen LogP contribution in [0.5, 0.6) is 0 Å². The minimum atomic E-state index is 0.0710. The normalized spacial score (nSPS) is 20.4. The molecule has 1 aromatic rings. The van der Waals surface area contributed by atoms with E-state index in [4.69, 9.17) is 0 Å². The van der Waals surface area contributed by atoms with E-state index in [-0.39, 0.29) is 11.8 Å². The summed E-state index contributed by atoms with van der Waals surface area (Å²) in [6.07, 6.45) is 2.00. The van der Waals surface area contributed by atoms with Crippen molar-refractivity contribution < 1.29 is 4.79 Å². The molecule has 6 heteroatoms. The average Bonchev–Trinajstić information content (AvgIpc) is 3.25. The van der Waals surface area contributed by atoms with Crippen molar-refractivity contribution in [2.24, 2.45) is 5.92 Å². The first-order valence-electron chi connectivity index (χ1n) is 6.80. The van der Waals surface area contributed by atoms with E-state index in [9.17, 15) is 4.79 Å². The molecule has 0 atom stereocenters. The summed E-state index contributed by atoms with van der Waals surface area (Å²) in [6, 6.07) is 3.77. The Morgan fingerprint density at radius 2 is 1.95 bits per heavy atom. The van der Waals surface area contributed by atoms with Gasteiger partial charge in [-0.3, -0.25) is 4.79 Å². The van der Waals surface area contributed by atoms with Crippen LogP contribution in [0, 0.1) is 5.92 Å². The van der Waals surface area contributed by atoms with Gasteiger partial charge in [0.25, 0.3) is 0 Å². The number of nitrogens with one attached hydrogen (secondary N) is 1. The Morgan fingerprint density at radius 1 is 1.21 bits per heavy atom. The van der Waals surface area contributed by atoms with Crippen molar-refractivity contribution >= 4 is 17.5 Å². The summed E-state index contributed by atoms with van der Waals surface area (Å²) in [5.74, 6) is 1.70. The summed E-state index contributed by atoms with van der Waals surface area (Å²) >= 11 is 0. The fraction of sp³-hybridized carbons (Fsp3) is 0.615. The van der Waals surface area contributed by atoms with Gasteiger partial charge in [-0.15, -0.1) is 10.2 Å². The van der Waals surface area contributed by atoms with Gasteiger partial charge in [0, 0.05) is 32.1 Å². The Labute approximate surface area is 112 Å². The third-order valence-electron chi connectivity index (χ3n) is 3.68. The molecule has 2 fully saturated rings. The van der Waals surface area contributed by atoms with Crippen molar-refractivity contribution in [2.75, 3.05) is 43.4 Å². The summed E-state index contributed by atoms with van der Waals surface area (Å²) in [4.78, 5) is 16.1. The minimum Gasteiger partial charge on any atom is -0.353 e. The number of likely N-dealkylation sites (N-methyl/N-ethyl adjacent to an activating group) is 1. The van der Waals surface area contributed by atoms with E-state index >= 15 is 0 Å². The second kappa shape index (κ2) is 5.13. The Bertz CT molecular complexity index is 449. The molecule has 2 aliphatic rings. The van der Waals surface area contributed by atoms with Crippen LogP contribution >= 0.6 is 0 Å². The number of anilines is 2. The van der Waals surface area contributed by atoms with Crippen LogP contribution < -0.4 is 10.2 Å². The molecule has 0 aromatic carbocycles. The zero-order chi connectivity index (χ0) is 13.2. The molecule has 1 aromatic heterocycles. The van der Waals surface area contributed by atoms with Gasteiger partial charge in [0.1, 0.15) is 0 Å². The van der Waals surface area contributed by atoms with Gasteiger partial charge < -0.3 is 15.1 Å². The molecule has 0 bridgehead atoms. The second-order valence-corrected chi connectivity index (χ2v) is 5.33. The highest BCUT2D eigenvalue weighted by molar-refractivity contribution is 5.93. The summed E-state index contributed by atoms with van der Waals surface area (Å²) in [5.41, 5.74) is 0. The van der Waals surface area contributed by atoms with Crippen LogP contribution in [0.1, 0.15) is 12.8 Å². The van der Waals surface area contributed by atoms with Crippen LogP contribution in [-0.4, -0.2) is 54.2 Å². The van der Waals surface area contributed by atoms with E-state index in [0.717, 1.165) is 44.8 Å². The van der Waals surface area contributed by atoms with Crippen molar-refractivity contribution in [3.63, 3.8) is 0 Å². The van der Waals surface area contributed by atoms with E-state index in [0.29, 0.717) is 5.82 Å². The van der Waals surface area contributed by atoms with Crippen LogP contribution in [0.2, 0.25) is 0 Å². The molecule has 1 saturated heterocycles. The molecule has 6 nitrogen and oxygen atoms in total. The van der Waals surface area contributed by atoms with Crippen LogP contribution in [0.15, 0.2) is 12.1 Å². The fourth-order valence-electron chi connectivity index (χ4n) is 2.17. The van der Waals surface area contributed by atoms with E-state index in [2.05, 4.69) is 32.4 Å². The smallest absolute Gasteiger partial charge is 0.228 e. The third-order valence-corrected chi connectivity index (χ3v) is 3.68. The maximum atomic E-state index is 11.6. The van der Waals surface area contributed by atoms with Crippen LogP contribution in [0.4, 0.5) is 11.6 Å². The van der Waals surface area contributed by atoms with Crippen molar-refractivity contribution in [1.82, 2.24) is 15.1 Å². The van der Waals surface area contributed by atoms with Crippen LogP contribution in [-0.2, 0) is 4.79 Å². The highest BCUT2D eigenvalue weighted by Crippen LogP contribution is 2.29. The zero-order valence-corrected chi connectivity index (χ0v) is 11.2. The highest BCUT2D eigenvalue weighted by Gasteiger charge is 2.29. The number of carbonyl (C=O) groups excluding carboxylic acids is 1. The van der Waals surface area contributed by atoms with Crippen molar-refractivity contribution in [2.45, 2.75) is 12.8 Å². The van der Waals surface area contributed by atoms with Gasteiger partial charge in [0.15, 0.2) is 11.6 Å². The number of rotatable bonds is 3. The van der Waals surface area contributed by atoms with Crippen LogP contribution in [0.25, 0.3) is 0 Å². The number of piperazine rings is 1. The molecule has 19 heavy (non-hydrogen) atoms. The largest absolute Gasteiger partial charge is 0.353 e. The monoisotopic (exact) mass is 261 g/mol. The number of hydrogen-bond acceptors (Lipinski definition) is 5. The first-order valence-corrected chi connectivity index (χ1v) is 6.80. The molecule has 1 amide bonds. The lowest BCUT2D eigenvalue weighted by molar-refractivity contribution is -0.117. The van der Waals surface area contributed by atoms with E-state index in [1.165, 1.54) is 0 Å². The molecule has 0 radical (unpaired) electrons. The molecule has 3 rings (SSSR count). The van der Waals surface area contributed by atoms with Crippen molar-refractivity contribution in [3.05, 3.63) is 12.1 Å². The maximum absolute atomic E-state index is 11.6. The topological polar surface area (TPSA) is 61.4 Å².